The number of nitrogens with two attached hydrogens (primary N) is 1. The molecule has 2 N–H and O–H groups in total. The number of aryl methyl sites for hydroxylation is 1. The molecule has 0 saturated carbocycles. The summed E-state index contributed by atoms with van der Waals surface area (Å²) in [6, 6.07) is 4.17. The number of nitrogens with zero attached hydrogens (tertiary/aromatic N) is 2. The molecule has 0 spiro atoms. The molecule has 5 heteroatoms. The largest absolute Gasteiger partial charge is 0.493 e. The van der Waals surface area contributed by atoms with Crippen molar-refractivity contribution in [2.24, 2.45) is 12.8 Å². The molecule has 0 bridgehead atoms. The van der Waals surface area contributed by atoms with Crippen LogP contribution in [0.25, 0.3) is 0 Å². The highest BCUT2D eigenvalue weighted by Crippen LogP contribution is 2.35. The smallest absolute Gasteiger partial charge is 0.125 e. The molecule has 106 valence electrons. The van der Waals surface area contributed by atoms with Crippen molar-refractivity contribution in [2.45, 2.75) is 25.8 Å². The molecular formula is C15H18BrN3O. The summed E-state index contributed by atoms with van der Waals surface area (Å²) in [7, 11) is 1.94. The predicted octanol–water partition coefficient (Wildman–Crippen LogP) is 2.67. The number of aromatic nitrogens is 2. The van der Waals surface area contributed by atoms with Crippen LogP contribution in [0.4, 0.5) is 0 Å². The Labute approximate surface area is 127 Å². The fourth-order valence-electron chi connectivity index (χ4n) is 2.72. The molecule has 0 aliphatic carbocycles. The van der Waals surface area contributed by atoms with E-state index in [0.29, 0.717) is 0 Å². The molecule has 1 aromatic carbocycles. The Hall–Kier alpha value is -1.33. The average molecular weight is 336 g/mol. The van der Waals surface area contributed by atoms with Gasteiger partial charge in [0.1, 0.15) is 5.75 Å². The zero-order valence-corrected chi connectivity index (χ0v) is 13.3. The van der Waals surface area contributed by atoms with E-state index in [4.69, 9.17) is 10.5 Å². The first-order chi connectivity index (χ1) is 9.56. The van der Waals surface area contributed by atoms with Crippen LogP contribution in [0.3, 0.4) is 0 Å². The molecule has 2 aromatic rings. The monoisotopic (exact) mass is 335 g/mol. The predicted molar refractivity (Wildman–Crippen MR) is 81.9 cm³/mol. The summed E-state index contributed by atoms with van der Waals surface area (Å²) >= 11 is 3.57. The van der Waals surface area contributed by atoms with Crippen molar-refractivity contribution in [3.63, 3.8) is 0 Å². The minimum atomic E-state index is -0.0636. The van der Waals surface area contributed by atoms with Crippen molar-refractivity contribution in [3.05, 3.63) is 45.2 Å². The van der Waals surface area contributed by atoms with Crippen LogP contribution >= 0.6 is 15.9 Å². The van der Waals surface area contributed by atoms with E-state index in [2.05, 4.69) is 33.2 Å². The second-order valence-corrected chi connectivity index (χ2v) is 6.19. The minimum Gasteiger partial charge on any atom is -0.493 e. The molecule has 3 rings (SSSR count). The first-order valence-electron chi connectivity index (χ1n) is 6.74. The van der Waals surface area contributed by atoms with Crippen LogP contribution in [0, 0.1) is 6.92 Å². The maximum absolute atomic E-state index is 6.36. The summed E-state index contributed by atoms with van der Waals surface area (Å²) in [5, 5.41) is 4.27. The number of hydrogen-bond acceptors (Lipinski definition) is 3. The first-order valence-corrected chi connectivity index (χ1v) is 7.53. The molecule has 1 atom stereocenters. The van der Waals surface area contributed by atoms with Gasteiger partial charge >= 0.3 is 0 Å². The van der Waals surface area contributed by atoms with Gasteiger partial charge in [0, 0.05) is 35.2 Å². The van der Waals surface area contributed by atoms with Gasteiger partial charge in [0.15, 0.2) is 0 Å². The number of benzene rings is 1. The Morgan fingerprint density at radius 2 is 2.30 bits per heavy atom. The van der Waals surface area contributed by atoms with E-state index < -0.39 is 0 Å². The van der Waals surface area contributed by atoms with Crippen molar-refractivity contribution in [2.75, 3.05) is 6.61 Å². The van der Waals surface area contributed by atoms with Crippen LogP contribution in [0.5, 0.6) is 5.75 Å². The molecule has 20 heavy (non-hydrogen) atoms. The third-order valence-electron chi connectivity index (χ3n) is 3.94. The summed E-state index contributed by atoms with van der Waals surface area (Å²) in [6.45, 7) is 2.81. The van der Waals surface area contributed by atoms with Crippen LogP contribution in [-0.2, 0) is 19.9 Å². The van der Waals surface area contributed by atoms with E-state index in [1.54, 1.807) is 0 Å². The third-order valence-corrected chi connectivity index (χ3v) is 4.40. The van der Waals surface area contributed by atoms with Crippen molar-refractivity contribution in [1.82, 2.24) is 9.78 Å². The number of fused-ring (bicyclic) bond motifs is 1. The van der Waals surface area contributed by atoms with Gasteiger partial charge in [0.25, 0.3) is 0 Å². The van der Waals surface area contributed by atoms with Gasteiger partial charge in [-0.1, -0.05) is 15.9 Å². The molecule has 1 aliphatic rings. The fourth-order valence-corrected chi connectivity index (χ4v) is 3.28. The van der Waals surface area contributed by atoms with Gasteiger partial charge in [0.2, 0.25) is 0 Å². The van der Waals surface area contributed by atoms with Crippen LogP contribution < -0.4 is 10.5 Å². The van der Waals surface area contributed by atoms with Crippen molar-refractivity contribution >= 4 is 15.9 Å². The topological polar surface area (TPSA) is 53.1 Å². The van der Waals surface area contributed by atoms with Crippen molar-refractivity contribution in [3.8, 4) is 5.75 Å². The summed E-state index contributed by atoms with van der Waals surface area (Å²) in [5.41, 5.74) is 11.0. The third kappa shape index (κ3) is 2.36. The summed E-state index contributed by atoms with van der Waals surface area (Å²) in [6.07, 6.45) is 3.59. The van der Waals surface area contributed by atoms with E-state index in [9.17, 15) is 0 Å². The van der Waals surface area contributed by atoms with Crippen LogP contribution in [-0.4, -0.2) is 16.4 Å². The highest BCUT2D eigenvalue weighted by molar-refractivity contribution is 9.10. The van der Waals surface area contributed by atoms with Crippen LogP contribution in [0.1, 0.15) is 28.4 Å². The van der Waals surface area contributed by atoms with Gasteiger partial charge in [-0.3, -0.25) is 4.68 Å². The number of hydrogen-bond donors (Lipinski definition) is 1. The van der Waals surface area contributed by atoms with E-state index in [1.807, 2.05) is 24.9 Å². The quantitative estimate of drug-likeness (QED) is 0.938. The maximum Gasteiger partial charge on any atom is 0.125 e. The zero-order valence-electron chi connectivity index (χ0n) is 11.7. The van der Waals surface area contributed by atoms with Crippen LogP contribution in [0.15, 0.2) is 22.8 Å². The molecule has 4 nitrogen and oxygen atoms in total. The highest BCUT2D eigenvalue weighted by atomic mass is 79.9. The Kier molecular flexibility index (Phi) is 3.56. The minimum absolute atomic E-state index is 0.0636. The van der Waals surface area contributed by atoms with Crippen LogP contribution in [0.2, 0.25) is 0 Å². The average Bonchev–Trinajstić information content (AvgIpc) is 2.97. The molecule has 0 saturated heterocycles. The first kappa shape index (κ1) is 13.6. The highest BCUT2D eigenvalue weighted by Gasteiger charge is 2.21. The van der Waals surface area contributed by atoms with E-state index >= 15 is 0 Å². The van der Waals surface area contributed by atoms with Gasteiger partial charge in [0.05, 0.1) is 12.8 Å². The Morgan fingerprint density at radius 3 is 3.00 bits per heavy atom. The standard InChI is InChI=1S/C15H18BrN3O/c1-9-13(8-18-19(9)2)14(17)7-11-6-12(16)5-10-3-4-20-15(10)11/h5-6,8,14H,3-4,7,17H2,1-2H3. The van der Waals surface area contributed by atoms with Crippen molar-refractivity contribution < 1.29 is 4.74 Å². The number of ether oxygens (including phenoxy) is 1. The Bertz CT molecular complexity index is 651. The summed E-state index contributed by atoms with van der Waals surface area (Å²) < 4.78 is 8.71. The maximum atomic E-state index is 6.36. The van der Waals surface area contributed by atoms with Crippen molar-refractivity contribution in [1.29, 1.82) is 0 Å². The van der Waals surface area contributed by atoms with E-state index in [1.165, 1.54) is 11.1 Å². The Morgan fingerprint density at radius 1 is 1.50 bits per heavy atom. The molecule has 1 aliphatic heterocycles. The van der Waals surface area contributed by atoms with Gasteiger partial charge in [-0.2, -0.15) is 5.10 Å². The summed E-state index contributed by atoms with van der Waals surface area (Å²) in [4.78, 5) is 0. The number of rotatable bonds is 3. The molecular weight excluding hydrogens is 318 g/mol. The second-order valence-electron chi connectivity index (χ2n) is 5.27. The molecule has 1 unspecified atom stereocenters. The van der Waals surface area contributed by atoms with Gasteiger partial charge in [-0.15, -0.1) is 0 Å². The lowest BCUT2D eigenvalue weighted by Gasteiger charge is -2.14. The molecule has 1 aromatic heterocycles. The second kappa shape index (κ2) is 5.22. The van der Waals surface area contributed by atoms with Gasteiger partial charge in [-0.05, 0) is 36.6 Å². The lowest BCUT2D eigenvalue weighted by molar-refractivity contribution is 0.352. The molecule has 0 radical (unpaired) electrons. The lowest BCUT2D eigenvalue weighted by atomic mass is 9.98. The van der Waals surface area contributed by atoms with E-state index in [-0.39, 0.29) is 6.04 Å². The fraction of sp³-hybridized carbons (Fsp3) is 0.400. The molecule has 0 fully saturated rings. The summed E-state index contributed by atoms with van der Waals surface area (Å²) in [5.74, 6) is 1.02. The zero-order chi connectivity index (χ0) is 14.3. The lowest BCUT2D eigenvalue weighted by Crippen LogP contribution is -2.15. The van der Waals surface area contributed by atoms with Gasteiger partial charge in [-0.25, -0.2) is 0 Å². The number of halogens is 1. The Balaban J connectivity index is 1.90. The van der Waals surface area contributed by atoms with E-state index in [0.717, 1.165) is 40.9 Å². The molecule has 0 amide bonds. The van der Waals surface area contributed by atoms with Gasteiger partial charge < -0.3 is 10.5 Å². The molecule has 2 heterocycles. The normalized spacial score (nSPS) is 15.0. The SMILES string of the molecule is Cc1c(C(N)Cc2cc(Br)cc3c2OCC3)cnn1C.